The van der Waals surface area contributed by atoms with Crippen molar-refractivity contribution in [1.82, 2.24) is 15.5 Å². The third-order valence-electron chi connectivity index (χ3n) is 4.25. The highest BCUT2D eigenvalue weighted by atomic mass is 16.5. The van der Waals surface area contributed by atoms with Crippen molar-refractivity contribution in [2.24, 2.45) is 0 Å². The molecule has 1 aromatic rings. The number of urea groups is 1. The Kier molecular flexibility index (Phi) is 6.07. The standard InChI is InChI=1S/C17H27N3O2/c1-20(2)16(13-7-6-10-15(11-13)22-3)12-18-17(21)19-14-8-4-5-9-14/h6-7,10-11,14,16H,4-5,8-9,12H2,1-3H3,(H2,18,19,21). The van der Waals surface area contributed by atoms with E-state index < -0.39 is 0 Å². The second-order valence-corrected chi connectivity index (χ2v) is 6.09. The molecule has 2 N–H and O–H groups in total. The van der Waals surface area contributed by atoms with Gasteiger partial charge in [0.1, 0.15) is 5.75 Å². The lowest BCUT2D eigenvalue weighted by molar-refractivity contribution is 0.229. The van der Waals surface area contributed by atoms with Crippen molar-refractivity contribution < 1.29 is 9.53 Å². The van der Waals surface area contributed by atoms with E-state index in [1.165, 1.54) is 12.8 Å². The molecule has 2 rings (SSSR count). The number of amides is 2. The molecule has 0 aromatic heterocycles. The van der Waals surface area contributed by atoms with Crippen LogP contribution in [0.25, 0.3) is 0 Å². The van der Waals surface area contributed by atoms with E-state index in [4.69, 9.17) is 4.74 Å². The molecular formula is C17H27N3O2. The van der Waals surface area contributed by atoms with Gasteiger partial charge < -0.3 is 20.3 Å². The predicted molar refractivity (Wildman–Crippen MR) is 88.2 cm³/mol. The first-order valence-corrected chi connectivity index (χ1v) is 7.95. The predicted octanol–water partition coefficient (Wildman–Crippen LogP) is 2.54. The number of likely N-dealkylation sites (N-methyl/N-ethyl adjacent to an activating group) is 1. The average Bonchev–Trinajstić information content (AvgIpc) is 3.00. The Morgan fingerprint density at radius 1 is 1.36 bits per heavy atom. The summed E-state index contributed by atoms with van der Waals surface area (Å²) in [6.07, 6.45) is 4.63. The van der Waals surface area contributed by atoms with E-state index in [2.05, 4.69) is 21.6 Å². The number of rotatable bonds is 6. The van der Waals surface area contributed by atoms with Gasteiger partial charge in [0.25, 0.3) is 0 Å². The zero-order chi connectivity index (χ0) is 15.9. The van der Waals surface area contributed by atoms with Crippen LogP contribution in [0.5, 0.6) is 5.75 Å². The summed E-state index contributed by atoms with van der Waals surface area (Å²) >= 11 is 0. The van der Waals surface area contributed by atoms with Crippen LogP contribution in [0.2, 0.25) is 0 Å². The van der Waals surface area contributed by atoms with Crippen molar-refractivity contribution >= 4 is 6.03 Å². The van der Waals surface area contributed by atoms with E-state index in [1.54, 1.807) is 7.11 Å². The third-order valence-corrected chi connectivity index (χ3v) is 4.25. The molecule has 1 atom stereocenters. The second-order valence-electron chi connectivity index (χ2n) is 6.09. The van der Waals surface area contributed by atoms with Gasteiger partial charge in [-0.25, -0.2) is 4.79 Å². The van der Waals surface area contributed by atoms with Gasteiger partial charge in [-0.3, -0.25) is 0 Å². The lowest BCUT2D eigenvalue weighted by Crippen LogP contribution is -2.43. The normalized spacial score (nSPS) is 16.5. The summed E-state index contributed by atoms with van der Waals surface area (Å²) in [6, 6.07) is 8.37. The van der Waals surface area contributed by atoms with Crippen LogP contribution in [0.1, 0.15) is 37.3 Å². The Balaban J connectivity index is 1.92. The fourth-order valence-corrected chi connectivity index (χ4v) is 2.94. The maximum atomic E-state index is 12.0. The van der Waals surface area contributed by atoms with Crippen molar-refractivity contribution in [3.63, 3.8) is 0 Å². The van der Waals surface area contributed by atoms with Crippen LogP contribution in [-0.4, -0.2) is 44.7 Å². The minimum absolute atomic E-state index is 0.0679. The summed E-state index contributed by atoms with van der Waals surface area (Å²) in [4.78, 5) is 14.1. The summed E-state index contributed by atoms with van der Waals surface area (Å²) in [6.45, 7) is 0.568. The molecule has 1 aliphatic carbocycles. The molecule has 0 saturated heterocycles. The molecule has 1 unspecified atom stereocenters. The summed E-state index contributed by atoms with van der Waals surface area (Å²) in [5, 5.41) is 6.05. The van der Waals surface area contributed by atoms with E-state index in [0.717, 1.165) is 24.2 Å². The number of ether oxygens (including phenoxy) is 1. The SMILES string of the molecule is COc1cccc(C(CNC(=O)NC2CCCC2)N(C)C)c1. The fourth-order valence-electron chi connectivity index (χ4n) is 2.94. The Labute approximate surface area is 133 Å². The second kappa shape index (κ2) is 8.03. The Morgan fingerprint density at radius 3 is 2.73 bits per heavy atom. The molecule has 0 spiro atoms. The highest BCUT2D eigenvalue weighted by Crippen LogP contribution is 2.22. The molecule has 5 nitrogen and oxygen atoms in total. The van der Waals surface area contributed by atoms with Crippen molar-refractivity contribution in [2.75, 3.05) is 27.7 Å². The number of methoxy groups -OCH3 is 1. The number of hydrogen-bond donors (Lipinski definition) is 2. The van der Waals surface area contributed by atoms with Crippen LogP contribution in [0.3, 0.4) is 0 Å². The van der Waals surface area contributed by atoms with Gasteiger partial charge in [0, 0.05) is 12.6 Å². The number of carbonyl (C=O) groups excluding carboxylic acids is 1. The first-order chi connectivity index (χ1) is 10.6. The van der Waals surface area contributed by atoms with Crippen LogP contribution in [0, 0.1) is 0 Å². The van der Waals surface area contributed by atoms with Gasteiger partial charge in [-0.05, 0) is 44.6 Å². The molecule has 122 valence electrons. The molecule has 1 aliphatic rings. The zero-order valence-corrected chi connectivity index (χ0v) is 13.8. The molecule has 22 heavy (non-hydrogen) atoms. The topological polar surface area (TPSA) is 53.6 Å². The fraction of sp³-hybridized carbons (Fsp3) is 0.588. The minimum atomic E-state index is -0.0679. The Morgan fingerprint density at radius 2 is 2.09 bits per heavy atom. The lowest BCUT2D eigenvalue weighted by atomic mass is 10.1. The van der Waals surface area contributed by atoms with Crippen molar-refractivity contribution in [3.05, 3.63) is 29.8 Å². The van der Waals surface area contributed by atoms with Gasteiger partial charge in [-0.2, -0.15) is 0 Å². The van der Waals surface area contributed by atoms with Gasteiger partial charge in [0.05, 0.1) is 13.2 Å². The summed E-state index contributed by atoms with van der Waals surface area (Å²) in [5.41, 5.74) is 1.13. The molecule has 5 heteroatoms. The van der Waals surface area contributed by atoms with Crippen molar-refractivity contribution in [2.45, 2.75) is 37.8 Å². The first-order valence-electron chi connectivity index (χ1n) is 7.95. The monoisotopic (exact) mass is 305 g/mol. The zero-order valence-electron chi connectivity index (χ0n) is 13.8. The van der Waals surface area contributed by atoms with Gasteiger partial charge in [0.15, 0.2) is 0 Å². The molecular weight excluding hydrogens is 278 g/mol. The number of benzene rings is 1. The quantitative estimate of drug-likeness (QED) is 0.849. The van der Waals surface area contributed by atoms with Crippen molar-refractivity contribution in [1.29, 1.82) is 0 Å². The van der Waals surface area contributed by atoms with E-state index in [1.807, 2.05) is 32.3 Å². The summed E-state index contributed by atoms with van der Waals surface area (Å²) in [5.74, 6) is 0.833. The average molecular weight is 305 g/mol. The van der Waals surface area contributed by atoms with Gasteiger partial charge in [-0.15, -0.1) is 0 Å². The van der Waals surface area contributed by atoms with E-state index in [0.29, 0.717) is 12.6 Å². The maximum absolute atomic E-state index is 12.0. The Hall–Kier alpha value is -1.75. The van der Waals surface area contributed by atoms with Crippen LogP contribution in [0.15, 0.2) is 24.3 Å². The highest BCUT2D eigenvalue weighted by molar-refractivity contribution is 5.74. The maximum Gasteiger partial charge on any atom is 0.315 e. The highest BCUT2D eigenvalue weighted by Gasteiger charge is 2.19. The van der Waals surface area contributed by atoms with E-state index in [-0.39, 0.29) is 12.1 Å². The molecule has 0 heterocycles. The molecule has 0 radical (unpaired) electrons. The number of nitrogens with one attached hydrogen (secondary N) is 2. The molecule has 0 bridgehead atoms. The van der Waals surface area contributed by atoms with Crippen LogP contribution >= 0.6 is 0 Å². The van der Waals surface area contributed by atoms with Gasteiger partial charge in [0.2, 0.25) is 0 Å². The number of carbonyl (C=O) groups is 1. The third kappa shape index (κ3) is 4.63. The molecule has 1 fully saturated rings. The van der Waals surface area contributed by atoms with Crippen LogP contribution in [0.4, 0.5) is 4.79 Å². The smallest absolute Gasteiger partial charge is 0.315 e. The van der Waals surface area contributed by atoms with Crippen LogP contribution < -0.4 is 15.4 Å². The molecule has 0 aliphatic heterocycles. The van der Waals surface area contributed by atoms with Gasteiger partial charge in [-0.1, -0.05) is 25.0 Å². The van der Waals surface area contributed by atoms with E-state index in [9.17, 15) is 4.79 Å². The van der Waals surface area contributed by atoms with Crippen molar-refractivity contribution in [3.8, 4) is 5.75 Å². The number of nitrogens with zero attached hydrogens (tertiary/aromatic N) is 1. The Bertz CT molecular complexity index is 485. The lowest BCUT2D eigenvalue weighted by Gasteiger charge is -2.26. The summed E-state index contributed by atoms with van der Waals surface area (Å²) < 4.78 is 5.28. The van der Waals surface area contributed by atoms with E-state index >= 15 is 0 Å². The van der Waals surface area contributed by atoms with Crippen LogP contribution in [-0.2, 0) is 0 Å². The number of hydrogen-bond acceptors (Lipinski definition) is 3. The molecule has 2 amide bonds. The molecule has 1 aromatic carbocycles. The van der Waals surface area contributed by atoms with Gasteiger partial charge >= 0.3 is 6.03 Å². The molecule has 1 saturated carbocycles. The largest absolute Gasteiger partial charge is 0.497 e. The first kappa shape index (κ1) is 16.6. The minimum Gasteiger partial charge on any atom is -0.497 e. The summed E-state index contributed by atoms with van der Waals surface area (Å²) in [7, 11) is 5.69.